The van der Waals surface area contributed by atoms with Gasteiger partial charge in [0.1, 0.15) is 30.5 Å². The van der Waals surface area contributed by atoms with Crippen LogP contribution in [0.15, 0.2) is 11.5 Å². The molecular weight excluding hydrogens is 380 g/mol. The number of carbonyl (C=O) groups excluding carboxylic acids is 1. The van der Waals surface area contributed by atoms with Crippen LogP contribution in [0.3, 0.4) is 0 Å². The maximum atomic E-state index is 11.7. The maximum absolute atomic E-state index is 11.7. The van der Waals surface area contributed by atoms with E-state index in [2.05, 4.69) is 0 Å². The number of ether oxygens (including phenoxy) is 4. The Balaban J connectivity index is 2.09. The van der Waals surface area contributed by atoms with E-state index >= 15 is 0 Å². The van der Waals surface area contributed by atoms with Gasteiger partial charge in [-0.1, -0.05) is 19.8 Å². The normalized spacial score (nSPS) is 34.4. The molecule has 11 nitrogen and oxygen atoms in total. The van der Waals surface area contributed by atoms with Gasteiger partial charge in [0.25, 0.3) is 0 Å². The molecule has 6 N–H and O–H groups in total. The third kappa shape index (κ3) is 4.92. The Bertz CT molecular complexity index is 549. The molecule has 0 aromatic heterocycles. The summed E-state index contributed by atoms with van der Waals surface area (Å²) in [5, 5.41) is 58.5. The van der Waals surface area contributed by atoms with E-state index in [1.54, 1.807) is 0 Å². The van der Waals surface area contributed by atoms with Crippen molar-refractivity contribution in [3.63, 3.8) is 0 Å². The Kier molecular flexibility index (Phi) is 8.43. The van der Waals surface area contributed by atoms with E-state index in [0.717, 1.165) is 12.8 Å². The summed E-state index contributed by atoms with van der Waals surface area (Å²) in [6.45, 7) is 0.845. The Labute approximate surface area is 161 Å². The van der Waals surface area contributed by atoms with E-state index in [1.165, 1.54) is 0 Å². The highest BCUT2D eigenvalue weighted by Crippen LogP contribution is 2.29. The van der Waals surface area contributed by atoms with Crippen LogP contribution >= 0.6 is 0 Å². The maximum Gasteiger partial charge on any atom is 0.378 e. The molecule has 162 valence electrons. The number of esters is 1. The molecule has 0 radical (unpaired) electrons. The molecule has 0 saturated carbocycles. The fourth-order valence-electron chi connectivity index (χ4n) is 2.95. The van der Waals surface area contributed by atoms with Gasteiger partial charge in [-0.3, -0.25) is 0 Å². The molecule has 0 amide bonds. The second kappa shape index (κ2) is 10.3. The largest absolute Gasteiger partial charge is 0.499 e. The van der Waals surface area contributed by atoms with Crippen molar-refractivity contribution >= 4 is 5.97 Å². The second-order valence-electron chi connectivity index (χ2n) is 6.65. The molecule has 0 aromatic rings. The predicted molar refractivity (Wildman–Crippen MR) is 90.7 cm³/mol. The van der Waals surface area contributed by atoms with Crippen LogP contribution in [0.1, 0.15) is 26.2 Å². The lowest BCUT2D eigenvalue weighted by Gasteiger charge is -2.41. The first kappa shape index (κ1) is 22.8. The van der Waals surface area contributed by atoms with E-state index < -0.39 is 67.9 Å². The Morgan fingerprint density at radius 1 is 1.11 bits per heavy atom. The van der Waals surface area contributed by atoms with E-state index in [9.17, 15) is 35.4 Å². The highest BCUT2D eigenvalue weighted by molar-refractivity contribution is 5.89. The smallest absolute Gasteiger partial charge is 0.378 e. The van der Waals surface area contributed by atoms with Gasteiger partial charge in [0.15, 0.2) is 18.2 Å². The molecule has 1 fully saturated rings. The van der Waals surface area contributed by atoms with Crippen molar-refractivity contribution in [1.82, 2.24) is 0 Å². The average Bonchev–Trinajstić information content (AvgIpc) is 2.97. The SMILES string of the molecule is CCCCCOC1=C(O)C(=O)O[C@@H]1[C@H](CO)OC1O[C@H](CO)[C@@H](O)[C@H](O)[C@H]1O. The van der Waals surface area contributed by atoms with Crippen LogP contribution in [0, 0.1) is 0 Å². The molecule has 0 aromatic carbocycles. The Morgan fingerprint density at radius 3 is 2.43 bits per heavy atom. The zero-order chi connectivity index (χ0) is 20.8. The Morgan fingerprint density at radius 2 is 1.82 bits per heavy atom. The topological polar surface area (TPSA) is 175 Å². The van der Waals surface area contributed by atoms with Crippen molar-refractivity contribution in [2.24, 2.45) is 0 Å². The number of aliphatic hydroxyl groups excluding tert-OH is 6. The van der Waals surface area contributed by atoms with Gasteiger partial charge in [-0.2, -0.15) is 0 Å². The zero-order valence-electron chi connectivity index (χ0n) is 15.5. The quantitative estimate of drug-likeness (QED) is 0.175. The minimum absolute atomic E-state index is 0.204. The summed E-state index contributed by atoms with van der Waals surface area (Å²) in [6, 6.07) is 0. The predicted octanol–water partition coefficient (Wildman–Crippen LogP) is -1.93. The molecule has 0 spiro atoms. The lowest BCUT2D eigenvalue weighted by Crippen LogP contribution is -2.60. The van der Waals surface area contributed by atoms with Gasteiger partial charge in [0, 0.05) is 0 Å². The lowest BCUT2D eigenvalue weighted by atomic mass is 9.99. The minimum Gasteiger partial charge on any atom is -0.499 e. The van der Waals surface area contributed by atoms with Crippen LogP contribution in [0.5, 0.6) is 0 Å². The molecule has 2 heterocycles. The first-order chi connectivity index (χ1) is 13.3. The molecule has 1 unspecified atom stereocenters. The molecule has 2 aliphatic heterocycles. The van der Waals surface area contributed by atoms with E-state index in [4.69, 9.17) is 18.9 Å². The van der Waals surface area contributed by atoms with Crippen LogP contribution in [-0.4, -0.2) is 99.3 Å². The zero-order valence-corrected chi connectivity index (χ0v) is 15.5. The van der Waals surface area contributed by atoms with E-state index in [1.807, 2.05) is 6.92 Å². The van der Waals surface area contributed by atoms with Crippen LogP contribution in [0.2, 0.25) is 0 Å². The van der Waals surface area contributed by atoms with Gasteiger partial charge < -0.3 is 49.6 Å². The molecule has 0 aliphatic carbocycles. The first-order valence-corrected chi connectivity index (χ1v) is 9.19. The molecule has 28 heavy (non-hydrogen) atoms. The number of unbranched alkanes of at least 4 members (excludes halogenated alkanes) is 2. The molecular formula is C17H28O11. The van der Waals surface area contributed by atoms with Crippen molar-refractivity contribution in [3.8, 4) is 0 Å². The van der Waals surface area contributed by atoms with Gasteiger partial charge in [-0.25, -0.2) is 4.79 Å². The van der Waals surface area contributed by atoms with E-state index in [0.29, 0.717) is 6.42 Å². The number of cyclic esters (lactones) is 1. The van der Waals surface area contributed by atoms with Crippen molar-refractivity contribution in [2.45, 2.75) is 69.1 Å². The molecule has 2 rings (SSSR count). The van der Waals surface area contributed by atoms with Crippen LogP contribution in [0.25, 0.3) is 0 Å². The third-order valence-electron chi connectivity index (χ3n) is 4.60. The summed E-state index contributed by atoms with van der Waals surface area (Å²) in [7, 11) is 0. The van der Waals surface area contributed by atoms with Gasteiger partial charge in [-0.05, 0) is 6.42 Å². The van der Waals surface area contributed by atoms with Gasteiger partial charge >= 0.3 is 5.97 Å². The average molecular weight is 408 g/mol. The summed E-state index contributed by atoms with van der Waals surface area (Å²) in [5.41, 5.74) is 0. The number of rotatable bonds is 10. The fraction of sp³-hybridized carbons (Fsp3) is 0.824. The summed E-state index contributed by atoms with van der Waals surface area (Å²) >= 11 is 0. The number of hydrogen-bond acceptors (Lipinski definition) is 11. The Hall–Kier alpha value is -1.47. The molecule has 2 aliphatic rings. The minimum atomic E-state index is -1.70. The number of carbonyl (C=O) groups is 1. The highest BCUT2D eigenvalue weighted by Gasteiger charge is 2.48. The fourth-order valence-corrected chi connectivity index (χ4v) is 2.95. The molecule has 11 heteroatoms. The van der Waals surface area contributed by atoms with Crippen molar-refractivity contribution < 1.29 is 54.4 Å². The molecule has 0 bridgehead atoms. The highest BCUT2D eigenvalue weighted by atomic mass is 16.7. The monoisotopic (exact) mass is 408 g/mol. The summed E-state index contributed by atoms with van der Waals surface area (Å²) in [6.07, 6.45) is -7.82. The number of aliphatic hydroxyl groups is 6. The van der Waals surface area contributed by atoms with Crippen molar-refractivity contribution in [2.75, 3.05) is 19.8 Å². The lowest BCUT2D eigenvalue weighted by molar-refractivity contribution is -0.318. The molecule has 7 atom stereocenters. The first-order valence-electron chi connectivity index (χ1n) is 9.19. The van der Waals surface area contributed by atoms with Gasteiger partial charge in [0.2, 0.25) is 5.76 Å². The van der Waals surface area contributed by atoms with Crippen molar-refractivity contribution in [3.05, 3.63) is 11.5 Å². The van der Waals surface area contributed by atoms with Crippen LogP contribution in [0.4, 0.5) is 0 Å². The van der Waals surface area contributed by atoms with Gasteiger partial charge in [0.05, 0.1) is 19.8 Å². The van der Waals surface area contributed by atoms with E-state index in [-0.39, 0.29) is 12.4 Å². The summed E-state index contributed by atoms with van der Waals surface area (Å²) in [4.78, 5) is 11.7. The van der Waals surface area contributed by atoms with Crippen molar-refractivity contribution in [1.29, 1.82) is 0 Å². The third-order valence-corrected chi connectivity index (χ3v) is 4.60. The van der Waals surface area contributed by atoms with Gasteiger partial charge in [-0.15, -0.1) is 0 Å². The number of hydrogen-bond donors (Lipinski definition) is 6. The molecule has 1 saturated heterocycles. The standard InChI is InChI=1S/C17H28O11/c1-2-3-4-5-25-15-13(23)16(24)28-14(15)9(7-19)27-17-12(22)11(21)10(20)8(6-18)26-17/h8-12,14,17-23H,2-7H2,1H3/t8-,9+,10-,11+,12-,14-,17?/m1/s1. The summed E-state index contributed by atoms with van der Waals surface area (Å²) < 4.78 is 21.1. The van der Waals surface area contributed by atoms with Crippen LogP contribution < -0.4 is 0 Å². The summed E-state index contributed by atoms with van der Waals surface area (Å²) in [5.74, 6) is -1.99. The van der Waals surface area contributed by atoms with Crippen LogP contribution in [-0.2, 0) is 23.7 Å². The second-order valence-corrected chi connectivity index (χ2v) is 6.65.